The molecule has 1 aliphatic carbocycles. The van der Waals surface area contributed by atoms with Gasteiger partial charge in [-0.1, -0.05) is 18.0 Å². The Kier molecular flexibility index (Phi) is 4.90. The Morgan fingerprint density at radius 3 is 2.85 bits per heavy atom. The molecule has 1 aliphatic rings. The molecule has 1 saturated carbocycles. The average molecular weight is 320 g/mol. The molecule has 0 bridgehead atoms. The maximum absolute atomic E-state index is 12.4. The molecule has 112 valence electrons. The van der Waals surface area contributed by atoms with Crippen LogP contribution < -0.4 is 9.46 Å². The fourth-order valence-corrected chi connectivity index (χ4v) is 4.19. The molecule has 2 atom stereocenters. The second-order valence-corrected chi connectivity index (χ2v) is 7.02. The van der Waals surface area contributed by atoms with Crippen LogP contribution in [0, 0.1) is 5.92 Å². The second kappa shape index (κ2) is 6.30. The number of hydrogen-bond donors (Lipinski definition) is 2. The van der Waals surface area contributed by atoms with Gasteiger partial charge in [-0.2, -0.15) is 0 Å². The Morgan fingerprint density at radius 2 is 2.20 bits per heavy atom. The number of hydrogen-bond acceptors (Lipinski definition) is 4. The molecule has 2 unspecified atom stereocenters. The van der Waals surface area contributed by atoms with E-state index in [-0.39, 0.29) is 29.2 Å². The van der Waals surface area contributed by atoms with Crippen LogP contribution in [-0.2, 0) is 10.0 Å². The van der Waals surface area contributed by atoms with E-state index in [0.717, 1.165) is 19.3 Å². The molecule has 20 heavy (non-hydrogen) atoms. The van der Waals surface area contributed by atoms with Crippen molar-refractivity contribution in [3.8, 4) is 5.75 Å². The number of nitrogens with one attached hydrogen (secondary N) is 1. The van der Waals surface area contributed by atoms with Gasteiger partial charge in [0.05, 0.1) is 7.11 Å². The molecule has 5 nitrogen and oxygen atoms in total. The van der Waals surface area contributed by atoms with Crippen LogP contribution in [0.1, 0.15) is 19.3 Å². The van der Waals surface area contributed by atoms with E-state index in [1.165, 1.54) is 25.3 Å². The first kappa shape index (κ1) is 15.6. The Balaban J connectivity index is 2.26. The standard InChI is InChI=1S/C13H18ClNO4S/c1-19-12-7-10(14)5-6-13(12)20(17,18)15-11-4-2-3-9(11)8-16/h5-7,9,11,15-16H,2-4,8H2,1H3. The van der Waals surface area contributed by atoms with Crippen molar-refractivity contribution in [2.45, 2.75) is 30.2 Å². The summed E-state index contributed by atoms with van der Waals surface area (Å²) in [5.41, 5.74) is 0. The Hall–Kier alpha value is -0.820. The second-order valence-electron chi connectivity index (χ2n) is 4.90. The van der Waals surface area contributed by atoms with Crippen LogP contribution in [0.2, 0.25) is 5.02 Å². The number of methoxy groups -OCH3 is 1. The van der Waals surface area contributed by atoms with Gasteiger partial charge in [0.25, 0.3) is 0 Å². The van der Waals surface area contributed by atoms with Gasteiger partial charge in [-0.25, -0.2) is 13.1 Å². The lowest BCUT2D eigenvalue weighted by atomic mass is 10.1. The zero-order chi connectivity index (χ0) is 14.8. The highest BCUT2D eigenvalue weighted by Crippen LogP contribution is 2.30. The van der Waals surface area contributed by atoms with Gasteiger partial charge in [0.2, 0.25) is 10.0 Å². The van der Waals surface area contributed by atoms with Gasteiger partial charge in [-0.15, -0.1) is 0 Å². The highest BCUT2D eigenvalue weighted by atomic mass is 35.5. The normalized spacial score (nSPS) is 22.9. The third-order valence-corrected chi connectivity index (χ3v) is 5.38. The van der Waals surface area contributed by atoms with E-state index < -0.39 is 10.0 Å². The van der Waals surface area contributed by atoms with Crippen molar-refractivity contribution < 1.29 is 18.3 Å². The lowest BCUT2D eigenvalue weighted by Gasteiger charge is -2.20. The van der Waals surface area contributed by atoms with Crippen molar-refractivity contribution in [1.29, 1.82) is 0 Å². The Labute approximate surface area is 124 Å². The van der Waals surface area contributed by atoms with E-state index >= 15 is 0 Å². The van der Waals surface area contributed by atoms with Crippen LogP contribution >= 0.6 is 11.6 Å². The zero-order valence-electron chi connectivity index (χ0n) is 11.2. The number of aliphatic hydroxyl groups is 1. The minimum atomic E-state index is -3.69. The number of aliphatic hydroxyl groups excluding tert-OH is 1. The quantitative estimate of drug-likeness (QED) is 0.867. The predicted octanol–water partition coefficient (Wildman–Crippen LogP) is 1.79. The average Bonchev–Trinajstić information content (AvgIpc) is 2.84. The molecule has 0 spiro atoms. The lowest BCUT2D eigenvalue weighted by molar-refractivity contribution is 0.213. The van der Waals surface area contributed by atoms with Gasteiger partial charge >= 0.3 is 0 Å². The van der Waals surface area contributed by atoms with Crippen LogP contribution in [0.5, 0.6) is 5.75 Å². The summed E-state index contributed by atoms with van der Waals surface area (Å²) in [6.45, 7) is -0.00899. The summed E-state index contributed by atoms with van der Waals surface area (Å²) in [5.74, 6) is 0.187. The topological polar surface area (TPSA) is 75.6 Å². The van der Waals surface area contributed by atoms with E-state index in [1.54, 1.807) is 0 Å². The van der Waals surface area contributed by atoms with E-state index in [9.17, 15) is 13.5 Å². The third kappa shape index (κ3) is 3.25. The molecule has 0 heterocycles. The summed E-state index contributed by atoms with van der Waals surface area (Å²) >= 11 is 5.83. The SMILES string of the molecule is COc1cc(Cl)ccc1S(=O)(=O)NC1CCCC1CO. The van der Waals surface area contributed by atoms with Crippen molar-refractivity contribution in [2.24, 2.45) is 5.92 Å². The number of halogens is 1. The minimum absolute atomic E-state index is 0.00899. The Bertz CT molecular complexity index is 576. The molecule has 0 saturated heterocycles. The van der Waals surface area contributed by atoms with Crippen molar-refractivity contribution in [3.05, 3.63) is 23.2 Å². The lowest BCUT2D eigenvalue weighted by Crippen LogP contribution is -2.38. The molecular weight excluding hydrogens is 302 g/mol. The molecule has 0 amide bonds. The first-order chi connectivity index (χ1) is 9.47. The first-order valence-corrected chi connectivity index (χ1v) is 8.31. The highest BCUT2D eigenvalue weighted by molar-refractivity contribution is 7.89. The van der Waals surface area contributed by atoms with Gasteiger partial charge in [0, 0.05) is 23.7 Å². The fraction of sp³-hybridized carbons (Fsp3) is 0.538. The van der Waals surface area contributed by atoms with E-state index in [4.69, 9.17) is 16.3 Å². The molecule has 0 aliphatic heterocycles. The van der Waals surface area contributed by atoms with Gasteiger partial charge in [0.15, 0.2) is 0 Å². The van der Waals surface area contributed by atoms with Crippen molar-refractivity contribution in [2.75, 3.05) is 13.7 Å². The molecule has 1 fully saturated rings. The summed E-state index contributed by atoms with van der Waals surface area (Å²) in [6.07, 6.45) is 2.48. The monoisotopic (exact) mass is 319 g/mol. The smallest absolute Gasteiger partial charge is 0.244 e. The molecule has 2 rings (SSSR count). The molecule has 2 N–H and O–H groups in total. The molecule has 0 aromatic heterocycles. The summed E-state index contributed by atoms with van der Waals surface area (Å²) in [7, 11) is -2.29. The largest absolute Gasteiger partial charge is 0.495 e. The van der Waals surface area contributed by atoms with Crippen molar-refractivity contribution in [3.63, 3.8) is 0 Å². The fourth-order valence-electron chi connectivity index (χ4n) is 2.54. The maximum Gasteiger partial charge on any atom is 0.244 e. The number of rotatable bonds is 5. The minimum Gasteiger partial charge on any atom is -0.495 e. The van der Waals surface area contributed by atoms with Crippen LogP contribution in [-0.4, -0.2) is 33.3 Å². The van der Waals surface area contributed by atoms with Gasteiger partial charge in [-0.05, 0) is 30.9 Å². The third-order valence-electron chi connectivity index (χ3n) is 3.62. The van der Waals surface area contributed by atoms with E-state index in [1.807, 2.05) is 0 Å². The number of benzene rings is 1. The number of sulfonamides is 1. The molecule has 1 aromatic rings. The summed E-state index contributed by atoms with van der Waals surface area (Å²) in [5, 5.41) is 9.68. The van der Waals surface area contributed by atoms with Gasteiger partial charge in [0.1, 0.15) is 10.6 Å². The van der Waals surface area contributed by atoms with Crippen molar-refractivity contribution >= 4 is 21.6 Å². The van der Waals surface area contributed by atoms with Gasteiger partial charge in [-0.3, -0.25) is 0 Å². The highest BCUT2D eigenvalue weighted by Gasteiger charge is 2.31. The van der Waals surface area contributed by atoms with Crippen molar-refractivity contribution in [1.82, 2.24) is 4.72 Å². The predicted molar refractivity (Wildman–Crippen MR) is 76.5 cm³/mol. The molecule has 1 aromatic carbocycles. The first-order valence-electron chi connectivity index (χ1n) is 6.44. The van der Waals surface area contributed by atoms with Crippen LogP contribution in [0.15, 0.2) is 23.1 Å². The molecule has 7 heteroatoms. The molecular formula is C13H18ClNO4S. The van der Waals surface area contributed by atoms with Crippen LogP contribution in [0.4, 0.5) is 0 Å². The maximum atomic E-state index is 12.4. The molecule has 0 radical (unpaired) electrons. The number of ether oxygens (including phenoxy) is 1. The van der Waals surface area contributed by atoms with E-state index in [0.29, 0.717) is 5.02 Å². The van der Waals surface area contributed by atoms with Gasteiger partial charge < -0.3 is 9.84 Å². The Morgan fingerprint density at radius 1 is 1.45 bits per heavy atom. The summed E-state index contributed by atoms with van der Waals surface area (Å²) < 4.78 is 32.6. The van der Waals surface area contributed by atoms with E-state index in [2.05, 4.69) is 4.72 Å². The van der Waals surface area contributed by atoms with Crippen LogP contribution in [0.25, 0.3) is 0 Å². The van der Waals surface area contributed by atoms with Crippen LogP contribution in [0.3, 0.4) is 0 Å². The zero-order valence-corrected chi connectivity index (χ0v) is 12.7. The summed E-state index contributed by atoms with van der Waals surface area (Å²) in [4.78, 5) is 0.0630. The summed E-state index contributed by atoms with van der Waals surface area (Å²) in [6, 6.07) is 4.17.